The van der Waals surface area contributed by atoms with Crippen molar-refractivity contribution in [3.8, 4) is 0 Å². The van der Waals surface area contributed by atoms with Crippen LogP contribution in [0.1, 0.15) is 12.5 Å². The lowest BCUT2D eigenvalue weighted by molar-refractivity contribution is -0.129. The number of thiocarbonyl (C=S) groups is 1. The highest BCUT2D eigenvalue weighted by atomic mass is 32.1. The molecule has 0 radical (unpaired) electrons. The number of carbonyl (C=O) groups is 1. The van der Waals surface area contributed by atoms with Crippen molar-refractivity contribution in [2.75, 3.05) is 13.1 Å². The molecule has 0 aromatic heterocycles. The Bertz CT molecular complexity index is 634. The van der Waals surface area contributed by atoms with Crippen LogP contribution in [0.25, 0.3) is 10.8 Å². The molecular formula is C16H18N2OS. The van der Waals surface area contributed by atoms with Crippen LogP contribution < -0.4 is 5.73 Å². The van der Waals surface area contributed by atoms with Gasteiger partial charge in [0, 0.05) is 6.54 Å². The van der Waals surface area contributed by atoms with Crippen molar-refractivity contribution in [2.45, 2.75) is 13.3 Å². The summed E-state index contributed by atoms with van der Waals surface area (Å²) < 4.78 is 0. The molecule has 2 N–H and O–H groups in total. The molecule has 0 unspecified atom stereocenters. The van der Waals surface area contributed by atoms with Gasteiger partial charge in [-0.25, -0.2) is 0 Å². The van der Waals surface area contributed by atoms with E-state index in [9.17, 15) is 4.79 Å². The van der Waals surface area contributed by atoms with E-state index in [0.717, 1.165) is 16.3 Å². The van der Waals surface area contributed by atoms with Gasteiger partial charge >= 0.3 is 0 Å². The van der Waals surface area contributed by atoms with E-state index in [-0.39, 0.29) is 5.91 Å². The Labute approximate surface area is 124 Å². The number of likely N-dealkylation sites (N-methyl/N-ethyl adjacent to an activating group) is 1. The molecule has 0 spiro atoms. The van der Waals surface area contributed by atoms with Gasteiger partial charge in [-0.2, -0.15) is 0 Å². The third kappa shape index (κ3) is 3.33. The second-order valence-corrected chi connectivity index (χ2v) is 5.21. The van der Waals surface area contributed by atoms with Crippen molar-refractivity contribution < 1.29 is 4.79 Å². The molecule has 2 aromatic rings. The third-order valence-electron chi connectivity index (χ3n) is 3.30. The molecule has 3 nitrogen and oxygen atoms in total. The van der Waals surface area contributed by atoms with Gasteiger partial charge in [-0.05, 0) is 23.3 Å². The van der Waals surface area contributed by atoms with E-state index in [1.165, 1.54) is 0 Å². The molecule has 0 aliphatic carbocycles. The molecule has 4 heteroatoms. The molecule has 0 saturated carbocycles. The summed E-state index contributed by atoms with van der Waals surface area (Å²) in [6.07, 6.45) is 0.373. The molecule has 104 valence electrons. The van der Waals surface area contributed by atoms with Gasteiger partial charge in [0.05, 0.1) is 18.0 Å². The summed E-state index contributed by atoms with van der Waals surface area (Å²) in [6, 6.07) is 14.1. The third-order valence-corrected chi connectivity index (χ3v) is 3.43. The molecule has 20 heavy (non-hydrogen) atoms. The van der Waals surface area contributed by atoms with E-state index < -0.39 is 0 Å². The van der Waals surface area contributed by atoms with E-state index >= 15 is 0 Å². The van der Waals surface area contributed by atoms with Gasteiger partial charge in [-0.3, -0.25) is 4.79 Å². The minimum atomic E-state index is 0.0525. The minimum Gasteiger partial charge on any atom is -0.392 e. The fourth-order valence-corrected chi connectivity index (χ4v) is 2.44. The average molecular weight is 286 g/mol. The summed E-state index contributed by atoms with van der Waals surface area (Å²) in [6.45, 7) is 2.88. The first-order valence-electron chi connectivity index (χ1n) is 6.64. The number of fused-ring (bicyclic) bond motifs is 1. The van der Waals surface area contributed by atoms with Gasteiger partial charge in [0.1, 0.15) is 0 Å². The molecule has 0 heterocycles. The zero-order valence-corrected chi connectivity index (χ0v) is 12.3. The van der Waals surface area contributed by atoms with Crippen LogP contribution in [-0.2, 0) is 11.2 Å². The largest absolute Gasteiger partial charge is 0.392 e. The number of carbonyl (C=O) groups excluding carboxylic acids is 1. The molecule has 0 atom stereocenters. The Hall–Kier alpha value is -1.94. The molecule has 2 aromatic carbocycles. The average Bonchev–Trinajstić information content (AvgIpc) is 2.45. The summed E-state index contributed by atoms with van der Waals surface area (Å²) in [7, 11) is 0. The first-order chi connectivity index (χ1) is 9.61. The molecule has 1 amide bonds. The Balaban J connectivity index is 2.23. The molecular weight excluding hydrogens is 268 g/mol. The van der Waals surface area contributed by atoms with E-state index in [2.05, 4.69) is 12.1 Å². The minimum absolute atomic E-state index is 0.0525. The van der Waals surface area contributed by atoms with Crippen LogP contribution in [-0.4, -0.2) is 28.9 Å². The lowest BCUT2D eigenvalue weighted by Gasteiger charge is -2.20. The highest BCUT2D eigenvalue weighted by molar-refractivity contribution is 7.80. The topological polar surface area (TPSA) is 46.3 Å². The highest BCUT2D eigenvalue weighted by Crippen LogP contribution is 2.19. The fourth-order valence-electron chi connectivity index (χ4n) is 2.29. The summed E-state index contributed by atoms with van der Waals surface area (Å²) in [5.41, 5.74) is 6.56. The second kappa shape index (κ2) is 6.48. The summed E-state index contributed by atoms with van der Waals surface area (Å²) in [5, 5.41) is 2.27. The Kier molecular flexibility index (Phi) is 4.69. The van der Waals surface area contributed by atoms with Crippen molar-refractivity contribution >= 4 is 33.9 Å². The van der Waals surface area contributed by atoms with Crippen LogP contribution in [0.4, 0.5) is 0 Å². The Morgan fingerprint density at radius 2 is 1.90 bits per heavy atom. The standard InChI is InChI=1S/C16H18N2OS/c1-2-18(11-15(17)20)16(19)10-13-8-5-7-12-6-3-4-9-14(12)13/h3-9H,2,10-11H2,1H3,(H2,17,20). The van der Waals surface area contributed by atoms with Crippen LogP contribution in [0.5, 0.6) is 0 Å². The number of hydrogen-bond acceptors (Lipinski definition) is 2. The molecule has 0 fully saturated rings. The highest BCUT2D eigenvalue weighted by Gasteiger charge is 2.14. The van der Waals surface area contributed by atoms with Gasteiger partial charge in [0.2, 0.25) is 5.91 Å². The van der Waals surface area contributed by atoms with Gasteiger partial charge in [0.25, 0.3) is 0 Å². The fraction of sp³-hybridized carbons (Fsp3) is 0.250. The maximum atomic E-state index is 12.3. The van der Waals surface area contributed by atoms with E-state index in [1.54, 1.807) is 4.90 Å². The summed E-state index contributed by atoms with van der Waals surface area (Å²) in [4.78, 5) is 14.4. The van der Waals surface area contributed by atoms with E-state index in [1.807, 2.05) is 37.3 Å². The smallest absolute Gasteiger partial charge is 0.227 e. The first-order valence-corrected chi connectivity index (χ1v) is 7.05. The van der Waals surface area contributed by atoms with Crippen molar-refractivity contribution in [3.05, 3.63) is 48.0 Å². The molecule has 0 aliphatic heterocycles. The predicted octanol–water partition coefficient (Wildman–Crippen LogP) is 2.52. The van der Waals surface area contributed by atoms with Gasteiger partial charge < -0.3 is 10.6 Å². The molecule has 0 bridgehead atoms. The normalized spacial score (nSPS) is 10.4. The lowest BCUT2D eigenvalue weighted by Crippen LogP contribution is -2.38. The van der Waals surface area contributed by atoms with Gasteiger partial charge in [-0.15, -0.1) is 0 Å². The van der Waals surface area contributed by atoms with Crippen LogP contribution in [0.15, 0.2) is 42.5 Å². The van der Waals surface area contributed by atoms with Crippen LogP contribution >= 0.6 is 12.2 Å². The van der Waals surface area contributed by atoms with Crippen LogP contribution in [0, 0.1) is 0 Å². The van der Waals surface area contributed by atoms with Crippen LogP contribution in [0.3, 0.4) is 0 Å². The predicted molar refractivity (Wildman–Crippen MR) is 86.7 cm³/mol. The quantitative estimate of drug-likeness (QED) is 0.859. The molecule has 2 rings (SSSR count). The summed E-state index contributed by atoms with van der Waals surface area (Å²) >= 11 is 4.88. The lowest BCUT2D eigenvalue weighted by atomic mass is 10.0. The van der Waals surface area contributed by atoms with Gasteiger partial charge in [0.15, 0.2) is 0 Å². The molecule has 0 saturated heterocycles. The van der Waals surface area contributed by atoms with Crippen molar-refractivity contribution in [3.63, 3.8) is 0 Å². The zero-order valence-electron chi connectivity index (χ0n) is 11.5. The number of nitrogens with two attached hydrogens (primary N) is 1. The second-order valence-electron chi connectivity index (χ2n) is 4.69. The van der Waals surface area contributed by atoms with Crippen molar-refractivity contribution in [1.29, 1.82) is 0 Å². The van der Waals surface area contributed by atoms with Gasteiger partial charge in [-0.1, -0.05) is 54.7 Å². The summed E-state index contributed by atoms with van der Waals surface area (Å²) in [5.74, 6) is 0.0525. The zero-order chi connectivity index (χ0) is 14.5. The van der Waals surface area contributed by atoms with E-state index in [0.29, 0.717) is 24.5 Å². The number of hydrogen-bond donors (Lipinski definition) is 1. The molecule has 0 aliphatic rings. The SMILES string of the molecule is CCN(CC(N)=S)C(=O)Cc1cccc2ccccc12. The number of benzene rings is 2. The maximum absolute atomic E-state index is 12.3. The maximum Gasteiger partial charge on any atom is 0.227 e. The van der Waals surface area contributed by atoms with Crippen LogP contribution in [0.2, 0.25) is 0 Å². The number of nitrogens with zero attached hydrogens (tertiary/aromatic N) is 1. The number of amides is 1. The first kappa shape index (κ1) is 14.5. The van der Waals surface area contributed by atoms with Crippen molar-refractivity contribution in [1.82, 2.24) is 4.90 Å². The van der Waals surface area contributed by atoms with Crippen molar-refractivity contribution in [2.24, 2.45) is 5.73 Å². The monoisotopic (exact) mass is 286 g/mol. The number of rotatable bonds is 5. The Morgan fingerprint density at radius 1 is 1.20 bits per heavy atom. The van der Waals surface area contributed by atoms with E-state index in [4.69, 9.17) is 18.0 Å². The Morgan fingerprint density at radius 3 is 2.60 bits per heavy atom.